The lowest BCUT2D eigenvalue weighted by Crippen LogP contribution is -2.12. The molecule has 0 aliphatic carbocycles. The number of oxime groups is 1. The van der Waals surface area contributed by atoms with E-state index in [1.807, 2.05) is 30.3 Å². The molecule has 2 heterocycles. The van der Waals surface area contributed by atoms with E-state index in [1.165, 1.54) is 4.68 Å². The lowest BCUT2D eigenvalue weighted by Gasteiger charge is -2.12. The van der Waals surface area contributed by atoms with Crippen LogP contribution in [0.25, 0.3) is 11.5 Å². The van der Waals surface area contributed by atoms with E-state index in [2.05, 4.69) is 30.9 Å². The molecule has 0 aliphatic heterocycles. The Hall–Kier alpha value is -3.99. The van der Waals surface area contributed by atoms with Crippen molar-refractivity contribution in [1.29, 1.82) is 0 Å². The van der Waals surface area contributed by atoms with Crippen LogP contribution < -0.4 is 4.74 Å². The molecule has 0 amide bonds. The molecule has 0 saturated heterocycles. The fraction of sp³-hybridized carbons (Fsp3) is 0.0833. The normalized spacial score (nSPS) is 11.5. The third-order valence-corrected chi connectivity index (χ3v) is 5.82. The summed E-state index contributed by atoms with van der Waals surface area (Å²) in [6, 6.07) is 19.4. The first-order valence-electron chi connectivity index (χ1n) is 10.7. The van der Waals surface area contributed by atoms with Crippen LogP contribution in [0, 0.1) is 0 Å². The van der Waals surface area contributed by atoms with Gasteiger partial charge < -0.3 is 14.0 Å². The Balaban J connectivity index is 1.38. The third kappa shape index (κ3) is 5.56. The Bertz CT molecular complexity index is 1570. The molecule has 13 heteroatoms. The SMILES string of the molecule is Cn1nnnc1/C(=N\OCc1nnc(-c2cccc(Cl)c2Oc2ccc(Cl)cc2Cl)o1)c1ccccc1. The summed E-state index contributed by atoms with van der Waals surface area (Å²) in [4.78, 5) is 5.54. The van der Waals surface area contributed by atoms with Crippen molar-refractivity contribution < 1.29 is 14.0 Å². The second-order valence-electron chi connectivity index (χ2n) is 7.50. The summed E-state index contributed by atoms with van der Waals surface area (Å²) in [5.74, 6) is 1.44. The first kappa shape index (κ1) is 24.7. The van der Waals surface area contributed by atoms with E-state index >= 15 is 0 Å². The summed E-state index contributed by atoms with van der Waals surface area (Å²) < 4.78 is 13.3. The van der Waals surface area contributed by atoms with Gasteiger partial charge in [0.1, 0.15) is 5.75 Å². The van der Waals surface area contributed by atoms with Gasteiger partial charge in [0.2, 0.25) is 5.82 Å². The maximum absolute atomic E-state index is 6.41. The fourth-order valence-electron chi connectivity index (χ4n) is 3.27. The maximum atomic E-state index is 6.41. The number of nitrogens with zero attached hydrogens (tertiary/aromatic N) is 7. The molecule has 0 radical (unpaired) electrons. The van der Waals surface area contributed by atoms with E-state index < -0.39 is 0 Å². The molecule has 0 bridgehead atoms. The Morgan fingerprint density at radius 3 is 2.54 bits per heavy atom. The van der Waals surface area contributed by atoms with Crippen LogP contribution in [0.2, 0.25) is 15.1 Å². The monoisotopic (exact) mass is 555 g/mol. The first-order valence-corrected chi connectivity index (χ1v) is 11.9. The van der Waals surface area contributed by atoms with Gasteiger partial charge in [0.25, 0.3) is 11.8 Å². The summed E-state index contributed by atoms with van der Waals surface area (Å²) in [7, 11) is 1.71. The van der Waals surface area contributed by atoms with Crippen LogP contribution in [0.1, 0.15) is 17.3 Å². The molecular formula is C24H16Cl3N7O3. The second kappa shape index (κ2) is 11.0. The zero-order valence-corrected chi connectivity index (χ0v) is 21.3. The van der Waals surface area contributed by atoms with E-state index in [1.54, 1.807) is 43.4 Å². The fourth-order valence-corrected chi connectivity index (χ4v) is 3.93. The quantitative estimate of drug-likeness (QED) is 0.169. The number of halogens is 3. The van der Waals surface area contributed by atoms with Crippen molar-refractivity contribution in [2.75, 3.05) is 0 Å². The van der Waals surface area contributed by atoms with Crippen molar-refractivity contribution in [2.45, 2.75) is 6.61 Å². The highest BCUT2D eigenvalue weighted by atomic mass is 35.5. The summed E-state index contributed by atoms with van der Waals surface area (Å²) in [5.41, 5.74) is 1.68. The molecule has 0 saturated carbocycles. The van der Waals surface area contributed by atoms with E-state index in [0.29, 0.717) is 43.7 Å². The highest BCUT2D eigenvalue weighted by molar-refractivity contribution is 6.35. The van der Waals surface area contributed by atoms with Gasteiger partial charge >= 0.3 is 0 Å². The molecule has 0 spiro atoms. The molecule has 0 atom stereocenters. The molecule has 5 aromatic rings. The molecule has 5 rings (SSSR count). The number of para-hydroxylation sites is 1. The number of aromatic nitrogens is 6. The standard InChI is InChI=1S/C24H16Cl3N7O3/c1-34-23(29-32-33-34)21(14-6-3-2-4-7-14)31-35-13-20-28-30-24(37-20)16-8-5-9-17(26)22(16)36-19-11-10-15(25)12-18(19)27/h2-12H,13H2,1H3/b31-21-. The van der Waals surface area contributed by atoms with Gasteiger partial charge in [0.15, 0.2) is 18.1 Å². The summed E-state index contributed by atoms with van der Waals surface area (Å²) in [5, 5.41) is 25.1. The summed E-state index contributed by atoms with van der Waals surface area (Å²) >= 11 is 18.7. The number of tetrazole rings is 1. The molecule has 0 aliphatic rings. The average Bonchev–Trinajstić information content (AvgIpc) is 3.54. The topological polar surface area (TPSA) is 113 Å². The number of hydrogen-bond acceptors (Lipinski definition) is 9. The largest absolute Gasteiger partial charge is 0.453 e. The number of rotatable bonds is 8. The second-order valence-corrected chi connectivity index (χ2v) is 8.75. The van der Waals surface area contributed by atoms with Gasteiger partial charge in [0, 0.05) is 17.6 Å². The van der Waals surface area contributed by atoms with Gasteiger partial charge in [-0.25, -0.2) is 4.68 Å². The van der Waals surface area contributed by atoms with Crippen LogP contribution in [0.5, 0.6) is 11.5 Å². The molecule has 37 heavy (non-hydrogen) atoms. The van der Waals surface area contributed by atoms with E-state index in [9.17, 15) is 0 Å². The van der Waals surface area contributed by atoms with Crippen molar-refractivity contribution in [3.63, 3.8) is 0 Å². The summed E-state index contributed by atoms with van der Waals surface area (Å²) in [6.07, 6.45) is 0. The van der Waals surface area contributed by atoms with Gasteiger partial charge in [-0.1, -0.05) is 76.4 Å². The number of aryl methyl sites for hydroxylation is 1. The van der Waals surface area contributed by atoms with Crippen molar-refractivity contribution >= 4 is 40.5 Å². The predicted molar refractivity (Wildman–Crippen MR) is 137 cm³/mol. The predicted octanol–water partition coefficient (Wildman–Crippen LogP) is 5.98. The zero-order chi connectivity index (χ0) is 25.8. The maximum Gasteiger partial charge on any atom is 0.257 e. The molecular weight excluding hydrogens is 541 g/mol. The lowest BCUT2D eigenvalue weighted by molar-refractivity contribution is 0.111. The Kier molecular flexibility index (Phi) is 7.31. The van der Waals surface area contributed by atoms with Crippen LogP contribution >= 0.6 is 34.8 Å². The zero-order valence-electron chi connectivity index (χ0n) is 19.0. The van der Waals surface area contributed by atoms with Crippen molar-refractivity contribution in [3.8, 4) is 23.0 Å². The van der Waals surface area contributed by atoms with Gasteiger partial charge in [0.05, 0.1) is 15.6 Å². The van der Waals surface area contributed by atoms with E-state index in [4.69, 9.17) is 48.8 Å². The van der Waals surface area contributed by atoms with Crippen LogP contribution in [-0.4, -0.2) is 36.1 Å². The van der Waals surface area contributed by atoms with Crippen LogP contribution in [0.3, 0.4) is 0 Å². The Labute approximate surface area is 225 Å². The van der Waals surface area contributed by atoms with Crippen LogP contribution in [0.4, 0.5) is 0 Å². The molecule has 0 N–H and O–H groups in total. The van der Waals surface area contributed by atoms with Crippen molar-refractivity contribution in [2.24, 2.45) is 12.2 Å². The Morgan fingerprint density at radius 2 is 1.78 bits per heavy atom. The number of ether oxygens (including phenoxy) is 1. The summed E-state index contributed by atoms with van der Waals surface area (Å²) in [6.45, 7) is -0.103. The van der Waals surface area contributed by atoms with Gasteiger partial charge in [-0.3, -0.25) is 0 Å². The average molecular weight is 557 g/mol. The first-order chi connectivity index (χ1) is 18.0. The lowest BCUT2D eigenvalue weighted by atomic mass is 10.1. The van der Waals surface area contributed by atoms with Gasteiger partial charge in [-0.2, -0.15) is 0 Å². The van der Waals surface area contributed by atoms with E-state index in [-0.39, 0.29) is 18.4 Å². The molecule has 3 aromatic carbocycles. The molecule has 10 nitrogen and oxygen atoms in total. The van der Waals surface area contributed by atoms with Gasteiger partial charge in [-0.05, 0) is 40.8 Å². The van der Waals surface area contributed by atoms with Crippen LogP contribution in [0.15, 0.2) is 76.3 Å². The number of hydrogen-bond donors (Lipinski definition) is 0. The minimum absolute atomic E-state index is 0.103. The van der Waals surface area contributed by atoms with Crippen LogP contribution in [-0.2, 0) is 18.5 Å². The molecule has 186 valence electrons. The smallest absolute Gasteiger partial charge is 0.257 e. The Morgan fingerprint density at radius 1 is 0.946 bits per heavy atom. The minimum atomic E-state index is -0.103. The third-order valence-electron chi connectivity index (χ3n) is 4.99. The van der Waals surface area contributed by atoms with E-state index in [0.717, 1.165) is 5.56 Å². The highest BCUT2D eigenvalue weighted by Crippen LogP contribution is 2.41. The molecule has 2 aromatic heterocycles. The minimum Gasteiger partial charge on any atom is -0.453 e. The van der Waals surface area contributed by atoms with Crippen molar-refractivity contribution in [1.82, 2.24) is 30.4 Å². The number of benzene rings is 3. The van der Waals surface area contributed by atoms with Gasteiger partial charge in [-0.15, -0.1) is 15.3 Å². The molecule has 0 unspecified atom stereocenters. The highest BCUT2D eigenvalue weighted by Gasteiger charge is 2.19. The molecule has 0 fully saturated rings. The van der Waals surface area contributed by atoms with Crippen molar-refractivity contribution in [3.05, 3.63) is 99.1 Å².